The number of guanidine groups is 1. The molecule has 1 atom stereocenters. The molecule has 8 heteroatoms. The lowest BCUT2D eigenvalue weighted by molar-refractivity contribution is 0.171. The van der Waals surface area contributed by atoms with E-state index in [1.807, 2.05) is 25.0 Å². The number of aliphatic imine (C=N–C) groups is 1. The summed E-state index contributed by atoms with van der Waals surface area (Å²) in [6, 6.07) is 9.06. The van der Waals surface area contributed by atoms with E-state index in [1.165, 1.54) is 16.7 Å². The van der Waals surface area contributed by atoms with Crippen molar-refractivity contribution in [3.8, 4) is 0 Å². The minimum atomic E-state index is 0. The minimum absolute atomic E-state index is 0. The maximum Gasteiger partial charge on any atom is 0.193 e. The Morgan fingerprint density at radius 1 is 1.23 bits per heavy atom. The molecule has 2 heterocycles. The smallest absolute Gasteiger partial charge is 0.193 e. The number of aryl methyl sites for hydroxylation is 2. The van der Waals surface area contributed by atoms with Gasteiger partial charge in [0.1, 0.15) is 0 Å². The lowest BCUT2D eigenvalue weighted by Crippen LogP contribution is -2.53. The first-order valence-corrected chi connectivity index (χ1v) is 10.3. The van der Waals surface area contributed by atoms with Crippen LogP contribution in [0.25, 0.3) is 0 Å². The second-order valence-corrected chi connectivity index (χ2v) is 8.11. The zero-order valence-corrected chi connectivity index (χ0v) is 21.2. The molecule has 1 unspecified atom stereocenters. The standard InChI is InChI=1S/C22H35N7.HI/c1-18-7-6-8-19(13-18)16-28-9-11-29(12-10-28)22(23-2)24-15-21(26(3)4)20-14-25-27(5)17-20;/h6-8,13-14,17,21H,9-12,15-16H2,1-5H3,(H,23,24);1H. The second kappa shape index (κ2) is 11.7. The summed E-state index contributed by atoms with van der Waals surface area (Å²) in [6.45, 7) is 8.06. The van der Waals surface area contributed by atoms with E-state index in [4.69, 9.17) is 0 Å². The highest BCUT2D eigenvalue weighted by atomic mass is 127. The van der Waals surface area contributed by atoms with Crippen LogP contribution >= 0.6 is 24.0 Å². The van der Waals surface area contributed by atoms with Gasteiger partial charge in [0, 0.05) is 65.1 Å². The molecule has 166 valence electrons. The molecule has 0 aliphatic carbocycles. The Morgan fingerprint density at radius 2 is 1.97 bits per heavy atom. The molecule has 2 aromatic rings. The van der Waals surface area contributed by atoms with Crippen molar-refractivity contribution in [2.45, 2.75) is 19.5 Å². The zero-order chi connectivity index (χ0) is 20.8. The van der Waals surface area contributed by atoms with Crippen LogP contribution in [0.5, 0.6) is 0 Å². The van der Waals surface area contributed by atoms with Crippen molar-refractivity contribution >= 4 is 29.9 Å². The van der Waals surface area contributed by atoms with E-state index >= 15 is 0 Å². The molecule has 1 aromatic carbocycles. The van der Waals surface area contributed by atoms with Gasteiger partial charge in [-0.05, 0) is 26.6 Å². The molecule has 0 bridgehead atoms. The largest absolute Gasteiger partial charge is 0.354 e. The van der Waals surface area contributed by atoms with Crippen LogP contribution in [-0.2, 0) is 13.6 Å². The number of piperazine rings is 1. The molecule has 3 rings (SSSR count). The van der Waals surface area contributed by atoms with Gasteiger partial charge < -0.3 is 15.1 Å². The molecule has 30 heavy (non-hydrogen) atoms. The Balaban J connectivity index is 0.00000320. The fourth-order valence-corrected chi connectivity index (χ4v) is 3.92. The van der Waals surface area contributed by atoms with Crippen LogP contribution < -0.4 is 5.32 Å². The van der Waals surface area contributed by atoms with Gasteiger partial charge in [-0.15, -0.1) is 24.0 Å². The van der Waals surface area contributed by atoms with Crippen LogP contribution in [0.2, 0.25) is 0 Å². The molecule has 1 aliphatic heterocycles. The van der Waals surface area contributed by atoms with Gasteiger partial charge >= 0.3 is 0 Å². The molecule has 0 spiro atoms. The Hall–Kier alpha value is -1.65. The van der Waals surface area contributed by atoms with Crippen LogP contribution in [0.4, 0.5) is 0 Å². The van der Waals surface area contributed by atoms with Gasteiger partial charge in [0.05, 0.1) is 12.2 Å². The number of aromatic nitrogens is 2. The van der Waals surface area contributed by atoms with Crippen LogP contribution in [-0.4, -0.2) is 84.3 Å². The third-order valence-corrected chi connectivity index (χ3v) is 5.56. The zero-order valence-electron chi connectivity index (χ0n) is 18.9. The van der Waals surface area contributed by atoms with E-state index in [1.54, 1.807) is 0 Å². The summed E-state index contributed by atoms with van der Waals surface area (Å²) < 4.78 is 1.86. The number of nitrogens with zero attached hydrogens (tertiary/aromatic N) is 6. The lowest BCUT2D eigenvalue weighted by atomic mass is 10.1. The number of benzene rings is 1. The van der Waals surface area contributed by atoms with Gasteiger partial charge in [-0.1, -0.05) is 29.8 Å². The van der Waals surface area contributed by atoms with Crippen LogP contribution in [0.3, 0.4) is 0 Å². The first-order valence-electron chi connectivity index (χ1n) is 10.3. The summed E-state index contributed by atoms with van der Waals surface area (Å²) in [6.07, 6.45) is 4.03. The van der Waals surface area contributed by atoms with Gasteiger partial charge in [0.2, 0.25) is 0 Å². The highest BCUT2D eigenvalue weighted by Gasteiger charge is 2.22. The quantitative estimate of drug-likeness (QED) is 0.357. The van der Waals surface area contributed by atoms with Gasteiger partial charge in [0.25, 0.3) is 0 Å². The predicted octanol–water partition coefficient (Wildman–Crippen LogP) is 2.34. The SMILES string of the molecule is CN=C(NCC(c1cnn(C)c1)N(C)C)N1CCN(Cc2cccc(C)c2)CC1.I. The Morgan fingerprint density at radius 3 is 2.53 bits per heavy atom. The van der Waals surface area contributed by atoms with Gasteiger partial charge in [-0.2, -0.15) is 5.10 Å². The summed E-state index contributed by atoms with van der Waals surface area (Å²) in [7, 11) is 8.04. The van der Waals surface area contributed by atoms with Gasteiger partial charge in [0.15, 0.2) is 5.96 Å². The maximum atomic E-state index is 4.54. The third-order valence-electron chi connectivity index (χ3n) is 5.56. The first-order chi connectivity index (χ1) is 14.0. The molecule has 1 saturated heterocycles. The molecule has 1 fully saturated rings. The van der Waals surface area contributed by atoms with Gasteiger partial charge in [-0.3, -0.25) is 14.6 Å². The number of hydrogen-bond acceptors (Lipinski definition) is 4. The van der Waals surface area contributed by atoms with Crippen molar-refractivity contribution in [2.24, 2.45) is 12.0 Å². The topological polar surface area (TPSA) is 51.9 Å². The summed E-state index contributed by atoms with van der Waals surface area (Å²) in [5.74, 6) is 0.982. The van der Waals surface area contributed by atoms with Crippen molar-refractivity contribution in [1.29, 1.82) is 0 Å². The summed E-state index contributed by atoms with van der Waals surface area (Å²) in [4.78, 5) is 11.6. The summed E-state index contributed by atoms with van der Waals surface area (Å²) in [5.41, 5.74) is 3.93. The van der Waals surface area contributed by atoms with Crippen molar-refractivity contribution in [2.75, 3.05) is 53.9 Å². The van der Waals surface area contributed by atoms with E-state index in [2.05, 4.69) is 81.6 Å². The van der Waals surface area contributed by atoms with Crippen LogP contribution in [0.15, 0.2) is 41.7 Å². The summed E-state index contributed by atoms with van der Waals surface area (Å²) in [5, 5.41) is 7.90. The maximum absolute atomic E-state index is 4.54. The van der Waals surface area contributed by atoms with E-state index < -0.39 is 0 Å². The van der Waals surface area contributed by atoms with Crippen molar-refractivity contribution in [3.05, 3.63) is 53.3 Å². The van der Waals surface area contributed by atoms with E-state index in [0.717, 1.165) is 45.2 Å². The number of rotatable bonds is 6. The average molecular weight is 525 g/mol. The second-order valence-electron chi connectivity index (χ2n) is 8.11. The lowest BCUT2D eigenvalue weighted by Gasteiger charge is -2.37. The molecular formula is C22H36IN7. The Kier molecular flexibility index (Phi) is 9.57. The first kappa shape index (κ1) is 24.6. The number of likely N-dealkylation sites (N-methyl/N-ethyl adjacent to an activating group) is 1. The van der Waals surface area contributed by atoms with Crippen molar-refractivity contribution in [3.63, 3.8) is 0 Å². The fourth-order valence-electron chi connectivity index (χ4n) is 3.92. The molecule has 0 saturated carbocycles. The number of halogens is 1. The summed E-state index contributed by atoms with van der Waals surface area (Å²) >= 11 is 0. The molecular weight excluding hydrogens is 489 g/mol. The minimum Gasteiger partial charge on any atom is -0.354 e. The Bertz CT molecular complexity index is 809. The van der Waals surface area contributed by atoms with E-state index in [9.17, 15) is 0 Å². The monoisotopic (exact) mass is 525 g/mol. The number of nitrogens with one attached hydrogen (secondary N) is 1. The molecule has 1 aromatic heterocycles. The van der Waals surface area contributed by atoms with Crippen molar-refractivity contribution in [1.82, 2.24) is 29.8 Å². The molecule has 7 nitrogen and oxygen atoms in total. The predicted molar refractivity (Wildman–Crippen MR) is 134 cm³/mol. The van der Waals surface area contributed by atoms with E-state index in [-0.39, 0.29) is 30.0 Å². The average Bonchev–Trinajstić information content (AvgIpc) is 3.12. The normalized spacial score (nSPS) is 16.5. The Labute approximate surface area is 198 Å². The van der Waals surface area contributed by atoms with Gasteiger partial charge in [-0.25, -0.2) is 0 Å². The highest BCUT2D eigenvalue weighted by Crippen LogP contribution is 2.16. The van der Waals surface area contributed by atoms with Crippen LogP contribution in [0, 0.1) is 6.92 Å². The highest BCUT2D eigenvalue weighted by molar-refractivity contribution is 14.0. The van der Waals surface area contributed by atoms with Crippen LogP contribution in [0.1, 0.15) is 22.7 Å². The fraction of sp³-hybridized carbons (Fsp3) is 0.545. The number of hydrogen-bond donors (Lipinski definition) is 1. The molecule has 0 radical (unpaired) electrons. The third kappa shape index (κ3) is 6.68. The van der Waals surface area contributed by atoms with E-state index in [0.29, 0.717) is 0 Å². The molecule has 0 amide bonds. The van der Waals surface area contributed by atoms with Crippen molar-refractivity contribution < 1.29 is 0 Å². The molecule has 1 aliphatic rings. The molecule has 1 N–H and O–H groups in total.